The third kappa shape index (κ3) is 5.05. The fraction of sp³-hybridized carbons (Fsp3) is 0.235. The summed E-state index contributed by atoms with van der Waals surface area (Å²) in [6.45, 7) is 0.370. The van der Waals surface area contributed by atoms with Crippen LogP contribution < -0.4 is 10.1 Å². The molecule has 1 N–H and O–H groups in total. The highest BCUT2D eigenvalue weighted by molar-refractivity contribution is 5.82. The number of amides is 1. The van der Waals surface area contributed by atoms with Crippen molar-refractivity contribution in [3.8, 4) is 5.75 Å². The summed E-state index contributed by atoms with van der Waals surface area (Å²) in [6.07, 6.45) is 0.374. The number of carbonyl (C=O) groups is 1. The van der Waals surface area contributed by atoms with Gasteiger partial charge in [0, 0.05) is 11.5 Å². The minimum absolute atomic E-state index is 0.289. The number of benzene rings is 2. The van der Waals surface area contributed by atoms with Crippen LogP contribution in [0.2, 0.25) is 0 Å². The predicted molar refractivity (Wildman–Crippen MR) is 87.9 cm³/mol. The van der Waals surface area contributed by atoms with Gasteiger partial charge in [0.15, 0.2) is 0 Å². The lowest BCUT2D eigenvalue weighted by Gasteiger charge is -2.12. The molecule has 118 valence electrons. The molecule has 0 unspecified atom stereocenters. The summed E-state index contributed by atoms with van der Waals surface area (Å²) in [4.78, 5) is 15.0. The minimum Gasteiger partial charge on any atom is -0.497 e. The average molecular weight is 310 g/mol. The predicted octanol–water partition coefficient (Wildman–Crippen LogP) is 3.23. The van der Waals surface area contributed by atoms with Gasteiger partial charge in [-0.05, 0) is 35.2 Å². The molecule has 0 aliphatic carbocycles. The van der Waals surface area contributed by atoms with Gasteiger partial charge in [0.05, 0.1) is 7.11 Å². The van der Waals surface area contributed by atoms with Gasteiger partial charge in [-0.3, -0.25) is 4.79 Å². The normalized spacial score (nSPS) is 11.2. The first kappa shape index (κ1) is 16.4. The van der Waals surface area contributed by atoms with Gasteiger partial charge >= 0.3 is 0 Å². The molecule has 2 aromatic carbocycles. The number of hydrogen-bond donors (Lipinski definition) is 1. The maximum Gasteiger partial charge on any atom is 0.229 e. The second-order valence-electron chi connectivity index (χ2n) is 4.98. The number of azide groups is 1. The van der Waals surface area contributed by atoms with Gasteiger partial charge in [0.1, 0.15) is 11.8 Å². The Kier molecular flexibility index (Phi) is 6.03. The summed E-state index contributed by atoms with van der Waals surface area (Å²) >= 11 is 0. The first-order valence-electron chi connectivity index (χ1n) is 7.21. The van der Waals surface area contributed by atoms with Gasteiger partial charge in [0.25, 0.3) is 0 Å². The van der Waals surface area contributed by atoms with E-state index in [9.17, 15) is 4.79 Å². The highest BCUT2D eigenvalue weighted by Gasteiger charge is 2.17. The summed E-state index contributed by atoms with van der Waals surface area (Å²) in [6, 6.07) is 16.1. The van der Waals surface area contributed by atoms with E-state index in [1.54, 1.807) is 7.11 Å². The van der Waals surface area contributed by atoms with Crippen LogP contribution in [0.25, 0.3) is 10.4 Å². The molecule has 0 aromatic heterocycles. The molecule has 6 heteroatoms. The van der Waals surface area contributed by atoms with E-state index in [0.29, 0.717) is 13.0 Å². The van der Waals surface area contributed by atoms with E-state index in [1.807, 2.05) is 54.6 Å². The molecule has 0 bridgehead atoms. The van der Waals surface area contributed by atoms with Crippen molar-refractivity contribution < 1.29 is 9.53 Å². The SMILES string of the molecule is COc1ccc(CNC(=O)[C@H](Cc2ccccc2)N=[N+]=[N-])cc1. The Labute approximate surface area is 134 Å². The van der Waals surface area contributed by atoms with Crippen molar-refractivity contribution in [2.24, 2.45) is 5.11 Å². The van der Waals surface area contributed by atoms with E-state index >= 15 is 0 Å². The standard InChI is InChI=1S/C17H18N4O2/c1-23-15-9-7-14(8-10-15)12-19-17(22)16(20-21-18)11-13-5-3-2-4-6-13/h2-10,16H,11-12H2,1H3,(H,19,22)/t16-/m0/s1. The van der Waals surface area contributed by atoms with Crippen LogP contribution in [0, 0.1) is 0 Å². The first-order chi connectivity index (χ1) is 11.2. The Hall–Kier alpha value is -2.98. The molecule has 6 nitrogen and oxygen atoms in total. The van der Waals surface area contributed by atoms with E-state index in [1.165, 1.54) is 0 Å². The number of hydrogen-bond acceptors (Lipinski definition) is 3. The number of nitrogens with one attached hydrogen (secondary N) is 1. The summed E-state index contributed by atoms with van der Waals surface area (Å²) < 4.78 is 5.09. The zero-order chi connectivity index (χ0) is 16.5. The minimum atomic E-state index is -0.763. The van der Waals surface area contributed by atoms with Crippen molar-refractivity contribution in [1.82, 2.24) is 5.32 Å². The maximum atomic E-state index is 12.2. The fourth-order valence-corrected chi connectivity index (χ4v) is 2.14. The van der Waals surface area contributed by atoms with Gasteiger partial charge in [-0.2, -0.15) is 0 Å². The lowest BCUT2D eigenvalue weighted by Crippen LogP contribution is -2.34. The van der Waals surface area contributed by atoms with Crippen molar-refractivity contribution in [2.75, 3.05) is 7.11 Å². The third-order valence-electron chi connectivity index (χ3n) is 3.39. The second-order valence-corrected chi connectivity index (χ2v) is 4.98. The van der Waals surface area contributed by atoms with E-state index in [0.717, 1.165) is 16.9 Å². The summed E-state index contributed by atoms with van der Waals surface area (Å²) in [5, 5.41) is 6.40. The fourth-order valence-electron chi connectivity index (χ4n) is 2.14. The Bertz CT molecular complexity index is 679. The maximum absolute atomic E-state index is 12.2. The molecule has 0 heterocycles. The lowest BCUT2D eigenvalue weighted by atomic mass is 10.1. The Morgan fingerprint density at radius 2 is 1.87 bits per heavy atom. The summed E-state index contributed by atoms with van der Waals surface area (Å²) in [7, 11) is 1.60. The molecule has 0 aliphatic rings. The summed E-state index contributed by atoms with van der Waals surface area (Å²) in [5.41, 5.74) is 10.6. The number of ether oxygens (including phenoxy) is 1. The molecule has 2 rings (SSSR count). The summed E-state index contributed by atoms with van der Waals surface area (Å²) in [5.74, 6) is 0.471. The Morgan fingerprint density at radius 1 is 1.17 bits per heavy atom. The van der Waals surface area contributed by atoms with Gasteiger partial charge in [-0.25, -0.2) is 0 Å². The molecule has 0 radical (unpaired) electrons. The van der Waals surface area contributed by atoms with E-state index < -0.39 is 6.04 Å². The Balaban J connectivity index is 1.96. The number of methoxy groups -OCH3 is 1. The van der Waals surface area contributed by atoms with Crippen molar-refractivity contribution >= 4 is 5.91 Å². The van der Waals surface area contributed by atoms with Crippen LogP contribution in [-0.4, -0.2) is 19.1 Å². The molecule has 0 fully saturated rings. The van der Waals surface area contributed by atoms with E-state index in [-0.39, 0.29) is 5.91 Å². The monoisotopic (exact) mass is 310 g/mol. The zero-order valence-corrected chi connectivity index (χ0v) is 12.8. The molecule has 0 saturated heterocycles. The van der Waals surface area contributed by atoms with E-state index in [4.69, 9.17) is 10.3 Å². The molecule has 0 saturated carbocycles. The van der Waals surface area contributed by atoms with Crippen LogP contribution in [0.3, 0.4) is 0 Å². The van der Waals surface area contributed by atoms with E-state index in [2.05, 4.69) is 15.3 Å². The van der Waals surface area contributed by atoms with Crippen molar-refractivity contribution in [3.63, 3.8) is 0 Å². The van der Waals surface area contributed by atoms with Crippen molar-refractivity contribution in [1.29, 1.82) is 0 Å². The van der Waals surface area contributed by atoms with Gasteiger partial charge in [-0.1, -0.05) is 47.6 Å². The molecule has 0 spiro atoms. The van der Waals surface area contributed by atoms with Crippen LogP contribution in [0.4, 0.5) is 0 Å². The van der Waals surface area contributed by atoms with Gasteiger partial charge < -0.3 is 10.1 Å². The molecule has 1 atom stereocenters. The van der Waals surface area contributed by atoms with Crippen LogP contribution >= 0.6 is 0 Å². The number of rotatable bonds is 7. The Morgan fingerprint density at radius 3 is 2.48 bits per heavy atom. The third-order valence-corrected chi connectivity index (χ3v) is 3.39. The van der Waals surface area contributed by atoms with Gasteiger partial charge in [0.2, 0.25) is 5.91 Å². The quantitative estimate of drug-likeness (QED) is 0.483. The zero-order valence-electron chi connectivity index (χ0n) is 12.8. The largest absolute Gasteiger partial charge is 0.497 e. The van der Waals surface area contributed by atoms with Crippen molar-refractivity contribution in [3.05, 3.63) is 76.2 Å². The molecular formula is C17H18N4O2. The average Bonchev–Trinajstić information content (AvgIpc) is 2.60. The molecule has 23 heavy (non-hydrogen) atoms. The van der Waals surface area contributed by atoms with Crippen LogP contribution in [0.1, 0.15) is 11.1 Å². The highest BCUT2D eigenvalue weighted by Crippen LogP contribution is 2.11. The molecule has 1 amide bonds. The first-order valence-corrected chi connectivity index (χ1v) is 7.21. The molecule has 2 aromatic rings. The second kappa shape index (κ2) is 8.46. The topological polar surface area (TPSA) is 87.1 Å². The lowest BCUT2D eigenvalue weighted by molar-refractivity contribution is -0.122. The molecular weight excluding hydrogens is 292 g/mol. The van der Waals surface area contributed by atoms with Crippen LogP contribution in [0.5, 0.6) is 5.75 Å². The molecule has 0 aliphatic heterocycles. The van der Waals surface area contributed by atoms with Crippen molar-refractivity contribution in [2.45, 2.75) is 19.0 Å². The smallest absolute Gasteiger partial charge is 0.229 e. The number of nitrogens with zero attached hydrogens (tertiary/aromatic N) is 3. The number of carbonyl (C=O) groups excluding carboxylic acids is 1. The van der Waals surface area contributed by atoms with Crippen LogP contribution in [0.15, 0.2) is 59.7 Å². The van der Waals surface area contributed by atoms with Crippen LogP contribution in [-0.2, 0) is 17.8 Å². The van der Waals surface area contributed by atoms with Gasteiger partial charge in [-0.15, -0.1) is 0 Å². The highest BCUT2D eigenvalue weighted by atomic mass is 16.5.